The van der Waals surface area contributed by atoms with E-state index in [1.165, 1.54) is 0 Å². The summed E-state index contributed by atoms with van der Waals surface area (Å²) in [6, 6.07) is 0.0546. The van der Waals surface area contributed by atoms with E-state index in [0.29, 0.717) is 50.5 Å². The number of carbonyl (C=O) groups is 2. The lowest BCUT2D eigenvalue weighted by Crippen LogP contribution is -2.48. The van der Waals surface area contributed by atoms with Crippen molar-refractivity contribution in [2.75, 3.05) is 13.2 Å². The molecule has 0 radical (unpaired) electrons. The van der Waals surface area contributed by atoms with Crippen molar-refractivity contribution in [2.45, 2.75) is 166 Å². The minimum Gasteiger partial charge on any atom is -0.481 e. The standard InChI is InChI=1S/C36H62N2O12S2/c1-23-3-12-29(13-4-23)46-50-51-47-31-17-18-33(36(40)41)34(20-31)35(39)37-27-8-10-28(11-9-27)38-44-21-26-19-32(16-7-25(26)22-45-42)49-52(43)48-30-14-5-24(2)6-15-30/h23-34,38,42H,3-22H2,1-2H3,(H,37,39)(H,40,41). The normalized spacial score (nSPS) is 38.0. The van der Waals surface area contributed by atoms with Crippen molar-refractivity contribution in [2.24, 2.45) is 35.5 Å². The van der Waals surface area contributed by atoms with Crippen LogP contribution in [-0.4, -0.2) is 76.2 Å². The lowest BCUT2D eigenvalue weighted by Gasteiger charge is -2.36. The molecule has 300 valence electrons. The molecule has 0 heterocycles. The van der Waals surface area contributed by atoms with Gasteiger partial charge in [-0.25, -0.2) is 9.78 Å². The van der Waals surface area contributed by atoms with E-state index in [1.807, 2.05) is 0 Å². The van der Waals surface area contributed by atoms with Crippen LogP contribution in [-0.2, 0) is 52.4 Å². The highest BCUT2D eigenvalue weighted by Gasteiger charge is 2.41. The molecule has 5 aliphatic carbocycles. The molecule has 0 aromatic carbocycles. The highest BCUT2D eigenvalue weighted by molar-refractivity contribution is 7.89. The van der Waals surface area contributed by atoms with E-state index in [-0.39, 0.29) is 60.8 Å². The fourth-order valence-electron chi connectivity index (χ4n) is 8.67. The van der Waals surface area contributed by atoms with Crippen LogP contribution < -0.4 is 10.8 Å². The summed E-state index contributed by atoms with van der Waals surface area (Å²) in [6.45, 7) is 5.06. The molecule has 5 saturated carbocycles. The zero-order chi connectivity index (χ0) is 36.9. The van der Waals surface area contributed by atoms with E-state index in [0.717, 1.165) is 95.8 Å². The SMILES string of the molecule is CC1CCC(OOSOC2CCC(C(=O)O)C(C(=O)NC3CCC(NOCC4CC(OS(=O)OC5CCC(C)CC5)CCC4COO)CC3)C2)CC1. The Morgan fingerprint density at radius 2 is 1.31 bits per heavy atom. The Kier molecular flexibility index (Phi) is 17.9. The van der Waals surface area contributed by atoms with Crippen molar-refractivity contribution in [1.82, 2.24) is 10.8 Å². The third kappa shape index (κ3) is 13.7. The molecule has 16 heteroatoms. The van der Waals surface area contributed by atoms with Gasteiger partial charge in [0.1, 0.15) is 0 Å². The van der Waals surface area contributed by atoms with Crippen LogP contribution in [0.4, 0.5) is 0 Å². The minimum atomic E-state index is -1.80. The molecule has 5 fully saturated rings. The predicted octanol–water partition coefficient (Wildman–Crippen LogP) is 6.38. The fourth-order valence-corrected chi connectivity index (χ4v) is 9.99. The second kappa shape index (κ2) is 22.0. The summed E-state index contributed by atoms with van der Waals surface area (Å²) < 4.78 is 35.2. The first-order valence-electron chi connectivity index (χ1n) is 19.7. The summed E-state index contributed by atoms with van der Waals surface area (Å²) in [6.07, 6.45) is 13.9. The molecule has 5 aliphatic rings. The third-order valence-corrected chi connectivity index (χ3v) is 13.5. The van der Waals surface area contributed by atoms with Gasteiger partial charge < -0.3 is 15.3 Å². The summed E-state index contributed by atoms with van der Waals surface area (Å²) in [5.74, 6) is -1.13. The monoisotopic (exact) mass is 778 g/mol. The Labute approximate surface area is 315 Å². The van der Waals surface area contributed by atoms with E-state index >= 15 is 0 Å². The van der Waals surface area contributed by atoms with Gasteiger partial charge in [0, 0.05) is 12.1 Å². The highest BCUT2D eigenvalue weighted by Crippen LogP contribution is 2.36. The van der Waals surface area contributed by atoms with Crippen LogP contribution in [0.3, 0.4) is 0 Å². The molecule has 0 spiro atoms. The number of hydroxylamine groups is 1. The van der Waals surface area contributed by atoms with Gasteiger partial charge in [-0.15, -0.1) is 4.33 Å². The van der Waals surface area contributed by atoms with Crippen molar-refractivity contribution in [3.05, 3.63) is 0 Å². The Bertz CT molecular complexity index is 1100. The molecule has 7 unspecified atom stereocenters. The van der Waals surface area contributed by atoms with Crippen LogP contribution >= 0.6 is 12.3 Å². The summed E-state index contributed by atoms with van der Waals surface area (Å²) >= 11 is -1.02. The maximum Gasteiger partial charge on any atom is 0.307 e. The fraction of sp³-hybridized carbons (Fsp3) is 0.944. The second-order valence-corrected chi connectivity index (χ2v) is 17.5. The number of nitrogens with one attached hydrogen (secondary N) is 2. The summed E-state index contributed by atoms with van der Waals surface area (Å²) in [4.78, 5) is 41.4. The first-order chi connectivity index (χ1) is 25.2. The average molecular weight is 779 g/mol. The predicted molar refractivity (Wildman–Crippen MR) is 193 cm³/mol. The molecule has 0 saturated heterocycles. The number of carboxylic acid groups (broad SMARTS) is 1. The number of carbonyl (C=O) groups excluding carboxylic acids is 1. The molecule has 0 aromatic rings. The molecule has 1 amide bonds. The Balaban J connectivity index is 0.986. The molecule has 7 atom stereocenters. The topological polar surface area (TPSA) is 180 Å². The van der Waals surface area contributed by atoms with E-state index in [1.54, 1.807) is 0 Å². The quantitative estimate of drug-likeness (QED) is 0.0521. The second-order valence-electron chi connectivity index (χ2n) is 16.2. The number of rotatable bonds is 18. The molecule has 5 rings (SSSR count). The molecule has 4 N–H and O–H groups in total. The Morgan fingerprint density at radius 1 is 0.692 bits per heavy atom. The van der Waals surface area contributed by atoms with Crippen LogP contribution in [0.2, 0.25) is 0 Å². The molecular formula is C36H62N2O12S2. The molecule has 0 bridgehead atoms. The van der Waals surface area contributed by atoms with Crippen molar-refractivity contribution in [1.29, 1.82) is 0 Å². The highest BCUT2D eigenvalue weighted by atomic mass is 32.2. The van der Waals surface area contributed by atoms with Crippen LogP contribution in [0.1, 0.15) is 129 Å². The summed E-state index contributed by atoms with van der Waals surface area (Å²) in [5.41, 5.74) is 3.20. The molecule has 0 aliphatic heterocycles. The van der Waals surface area contributed by atoms with Gasteiger partial charge in [0.15, 0.2) is 12.3 Å². The van der Waals surface area contributed by atoms with E-state index in [9.17, 15) is 18.9 Å². The first-order valence-corrected chi connectivity index (χ1v) is 21.4. The van der Waals surface area contributed by atoms with Crippen LogP contribution in [0.25, 0.3) is 0 Å². The Hall–Kier alpha value is -0.920. The average Bonchev–Trinajstić information content (AvgIpc) is 3.13. The van der Waals surface area contributed by atoms with Gasteiger partial charge in [-0.2, -0.15) is 9.69 Å². The first kappa shape index (κ1) is 42.2. The maximum absolute atomic E-state index is 13.4. The summed E-state index contributed by atoms with van der Waals surface area (Å²) in [7, 11) is 0. The maximum atomic E-state index is 13.4. The van der Waals surface area contributed by atoms with Gasteiger partial charge in [-0.3, -0.25) is 27.4 Å². The van der Waals surface area contributed by atoms with Gasteiger partial charge in [-0.1, -0.05) is 13.8 Å². The number of aliphatic carboxylic acids is 1. The van der Waals surface area contributed by atoms with Crippen molar-refractivity contribution >= 4 is 35.6 Å². The molecule has 14 nitrogen and oxygen atoms in total. The van der Waals surface area contributed by atoms with E-state index < -0.39 is 29.2 Å². The largest absolute Gasteiger partial charge is 0.481 e. The van der Waals surface area contributed by atoms with E-state index in [2.05, 4.69) is 29.5 Å². The van der Waals surface area contributed by atoms with Crippen LogP contribution in [0.5, 0.6) is 0 Å². The number of amides is 1. The van der Waals surface area contributed by atoms with Crippen molar-refractivity contribution in [3.63, 3.8) is 0 Å². The van der Waals surface area contributed by atoms with Gasteiger partial charge in [0.05, 0.1) is 49.5 Å². The van der Waals surface area contributed by atoms with Crippen LogP contribution in [0.15, 0.2) is 0 Å². The molecule has 52 heavy (non-hydrogen) atoms. The van der Waals surface area contributed by atoms with Gasteiger partial charge >= 0.3 is 17.3 Å². The van der Waals surface area contributed by atoms with Crippen molar-refractivity contribution in [3.8, 4) is 0 Å². The third-order valence-electron chi connectivity index (χ3n) is 12.2. The zero-order valence-corrected chi connectivity index (χ0v) is 32.5. The number of carboxylic acids is 1. The number of hydrogen-bond donors (Lipinski definition) is 4. The van der Waals surface area contributed by atoms with Crippen molar-refractivity contribution < 1.29 is 55.7 Å². The summed E-state index contributed by atoms with van der Waals surface area (Å²) in [5, 5.41) is 22.2. The minimum absolute atomic E-state index is 0.0241. The van der Waals surface area contributed by atoms with Gasteiger partial charge in [-0.05, 0) is 139 Å². The smallest absolute Gasteiger partial charge is 0.307 e. The molecule has 0 aromatic heterocycles. The zero-order valence-electron chi connectivity index (χ0n) is 30.9. The van der Waals surface area contributed by atoms with Gasteiger partial charge in [0.2, 0.25) is 5.91 Å². The van der Waals surface area contributed by atoms with E-state index in [4.69, 9.17) is 31.9 Å². The number of hydrogen-bond acceptors (Lipinski definition) is 13. The lowest BCUT2D eigenvalue weighted by atomic mass is 9.77. The lowest BCUT2D eigenvalue weighted by molar-refractivity contribution is -0.257. The molecular weight excluding hydrogens is 717 g/mol. The van der Waals surface area contributed by atoms with Crippen LogP contribution in [0, 0.1) is 35.5 Å². The Morgan fingerprint density at radius 3 is 1.98 bits per heavy atom. The van der Waals surface area contributed by atoms with Gasteiger partial charge in [0.25, 0.3) is 0 Å².